The molecule has 192 valence electrons. The van der Waals surface area contributed by atoms with Gasteiger partial charge in [0, 0.05) is 42.2 Å². The van der Waals surface area contributed by atoms with Gasteiger partial charge in [-0.3, -0.25) is 4.79 Å². The summed E-state index contributed by atoms with van der Waals surface area (Å²) in [6.45, 7) is 6.37. The molecule has 1 amide bonds. The number of rotatable bonds is 5. The first-order valence-electron chi connectivity index (χ1n) is 12.6. The predicted octanol–water partition coefficient (Wildman–Crippen LogP) is 4.69. The zero-order chi connectivity index (χ0) is 26.3. The molecule has 1 aliphatic heterocycles. The molecular weight excluding hydrogens is 475 g/mol. The van der Waals surface area contributed by atoms with Crippen LogP contribution in [0.5, 0.6) is 0 Å². The predicted molar refractivity (Wildman–Crippen MR) is 136 cm³/mol. The third-order valence-corrected chi connectivity index (χ3v) is 7.02. The zero-order valence-corrected chi connectivity index (χ0v) is 21.1. The van der Waals surface area contributed by atoms with Crippen molar-refractivity contribution in [3.63, 3.8) is 0 Å². The largest absolute Gasteiger partial charge is 0.478 e. The molecule has 0 unspecified atom stereocenters. The third-order valence-electron chi connectivity index (χ3n) is 7.02. The lowest BCUT2D eigenvalue weighted by Crippen LogP contribution is -2.38. The van der Waals surface area contributed by atoms with Gasteiger partial charge in [0.05, 0.1) is 17.1 Å². The number of benzene rings is 1. The molecule has 1 aliphatic rings. The second-order valence-corrected chi connectivity index (χ2v) is 9.52. The zero-order valence-electron chi connectivity index (χ0n) is 21.1. The van der Waals surface area contributed by atoms with Gasteiger partial charge in [0.1, 0.15) is 17.1 Å². The minimum absolute atomic E-state index is 0.0583. The number of nitrogens with zero attached hydrogens (tertiary/aromatic N) is 6. The topological polar surface area (TPSA) is 106 Å². The van der Waals surface area contributed by atoms with Gasteiger partial charge in [0.2, 0.25) is 0 Å². The van der Waals surface area contributed by atoms with E-state index in [4.69, 9.17) is 0 Å². The quantitative estimate of drug-likeness (QED) is 0.423. The average molecular weight is 505 g/mol. The van der Waals surface area contributed by atoms with Crippen LogP contribution in [0, 0.1) is 12.7 Å². The Morgan fingerprint density at radius 2 is 1.95 bits per heavy atom. The van der Waals surface area contributed by atoms with E-state index in [2.05, 4.69) is 22.1 Å². The number of hydrogen-bond donors (Lipinski definition) is 1. The van der Waals surface area contributed by atoms with E-state index in [1.165, 1.54) is 16.9 Å². The van der Waals surface area contributed by atoms with E-state index in [-0.39, 0.29) is 23.1 Å². The van der Waals surface area contributed by atoms with Crippen LogP contribution in [0.25, 0.3) is 22.6 Å². The monoisotopic (exact) mass is 504 g/mol. The van der Waals surface area contributed by atoms with Gasteiger partial charge in [0.25, 0.3) is 5.91 Å². The summed E-state index contributed by atoms with van der Waals surface area (Å²) in [4.78, 5) is 31.2. The van der Waals surface area contributed by atoms with Crippen LogP contribution >= 0.6 is 0 Å². The average Bonchev–Trinajstić information content (AvgIpc) is 3.41. The molecular formula is C27H29FN6O3. The number of hydrogen-bond acceptors (Lipinski definition) is 5. The highest BCUT2D eigenvalue weighted by Gasteiger charge is 2.25. The molecule has 0 saturated carbocycles. The van der Waals surface area contributed by atoms with Gasteiger partial charge < -0.3 is 10.0 Å². The van der Waals surface area contributed by atoms with Crippen LogP contribution in [0.2, 0.25) is 0 Å². The highest BCUT2D eigenvalue weighted by Crippen LogP contribution is 2.26. The van der Waals surface area contributed by atoms with Crippen molar-refractivity contribution in [2.45, 2.75) is 58.9 Å². The fourth-order valence-electron chi connectivity index (χ4n) is 4.91. The molecule has 1 fully saturated rings. The maximum atomic E-state index is 15.2. The number of carboxylic acids is 1. The molecule has 10 heteroatoms. The van der Waals surface area contributed by atoms with Crippen molar-refractivity contribution in [3.05, 3.63) is 65.0 Å². The number of aryl methyl sites for hydroxylation is 2. The van der Waals surface area contributed by atoms with Crippen molar-refractivity contribution >= 4 is 17.5 Å². The Bertz CT molecular complexity index is 1510. The summed E-state index contributed by atoms with van der Waals surface area (Å²) in [6.07, 6.45) is 6.20. The van der Waals surface area contributed by atoms with Crippen LogP contribution in [-0.2, 0) is 6.42 Å². The van der Waals surface area contributed by atoms with Crippen LogP contribution in [-0.4, -0.2) is 58.8 Å². The normalized spacial score (nSPS) is 16.2. The molecule has 4 aromatic rings. The van der Waals surface area contributed by atoms with Crippen molar-refractivity contribution < 1.29 is 19.1 Å². The second kappa shape index (κ2) is 9.76. The van der Waals surface area contributed by atoms with E-state index in [9.17, 15) is 14.7 Å². The number of carbonyl (C=O) groups is 2. The first-order chi connectivity index (χ1) is 17.8. The number of halogens is 1. The lowest BCUT2D eigenvalue weighted by molar-refractivity contribution is 0.0684. The van der Waals surface area contributed by atoms with E-state index in [0.717, 1.165) is 37.9 Å². The number of likely N-dealkylation sites (tertiary alicyclic amines) is 1. The minimum Gasteiger partial charge on any atom is -0.478 e. The molecule has 1 atom stereocenters. The van der Waals surface area contributed by atoms with Crippen LogP contribution in [0.3, 0.4) is 0 Å². The summed E-state index contributed by atoms with van der Waals surface area (Å²) >= 11 is 0. The molecule has 5 rings (SSSR count). The molecule has 3 aromatic heterocycles. The Kier molecular flexibility index (Phi) is 6.49. The van der Waals surface area contributed by atoms with E-state index < -0.39 is 11.8 Å². The summed E-state index contributed by atoms with van der Waals surface area (Å²) in [5, 5.41) is 18.0. The van der Waals surface area contributed by atoms with Crippen LogP contribution < -0.4 is 0 Å². The molecule has 0 bridgehead atoms. The maximum Gasteiger partial charge on any atom is 0.339 e. The first kappa shape index (κ1) is 24.6. The number of fused-ring (bicyclic) bond motifs is 1. The summed E-state index contributed by atoms with van der Waals surface area (Å²) in [6, 6.07) is 8.16. The summed E-state index contributed by atoms with van der Waals surface area (Å²) in [5.74, 6) is -1.70. The molecule has 37 heavy (non-hydrogen) atoms. The Morgan fingerprint density at radius 1 is 1.14 bits per heavy atom. The van der Waals surface area contributed by atoms with Gasteiger partial charge in [-0.1, -0.05) is 19.8 Å². The molecule has 4 heterocycles. The minimum atomic E-state index is -1.09. The fourth-order valence-corrected chi connectivity index (χ4v) is 4.91. The molecule has 0 spiro atoms. The Labute approximate surface area is 213 Å². The van der Waals surface area contributed by atoms with E-state index in [1.807, 2.05) is 11.8 Å². The molecule has 1 aromatic carbocycles. The van der Waals surface area contributed by atoms with Crippen LogP contribution in [0.1, 0.15) is 71.8 Å². The van der Waals surface area contributed by atoms with Crippen molar-refractivity contribution in [1.29, 1.82) is 0 Å². The van der Waals surface area contributed by atoms with Crippen molar-refractivity contribution in [2.24, 2.45) is 0 Å². The van der Waals surface area contributed by atoms with Crippen molar-refractivity contribution in [1.82, 2.24) is 29.3 Å². The van der Waals surface area contributed by atoms with Crippen LogP contribution in [0.4, 0.5) is 4.39 Å². The second-order valence-electron chi connectivity index (χ2n) is 9.52. The maximum absolute atomic E-state index is 15.2. The van der Waals surface area contributed by atoms with Gasteiger partial charge >= 0.3 is 5.97 Å². The highest BCUT2D eigenvalue weighted by molar-refractivity contribution is 5.93. The molecule has 1 saturated heterocycles. The van der Waals surface area contributed by atoms with Gasteiger partial charge in [-0.2, -0.15) is 10.2 Å². The first-order valence-corrected chi connectivity index (χ1v) is 12.6. The van der Waals surface area contributed by atoms with Gasteiger partial charge in [0.15, 0.2) is 5.65 Å². The lowest BCUT2D eigenvalue weighted by atomic mass is 10.1. The van der Waals surface area contributed by atoms with Gasteiger partial charge in [-0.25, -0.2) is 23.4 Å². The number of aromatic carboxylic acids is 1. The Balaban J connectivity index is 1.50. The van der Waals surface area contributed by atoms with E-state index >= 15 is 4.39 Å². The number of amides is 1. The standard InChI is InChI=1S/C27H29FN6O3/c1-4-18-13-24(26(35)32-11-7-5-6-8-16(32)2)29-25-14-23(31-34(18)25)20-10-9-19(12-22(20)28)33-15-21(27(36)37)17(3)30-33/h9-10,12-16H,4-8,11H2,1-3H3,(H,36,37)/t16-/m1/s1. The molecule has 9 nitrogen and oxygen atoms in total. The number of carboxylic acid groups (broad SMARTS) is 1. The number of aromatic nitrogens is 5. The molecule has 0 radical (unpaired) electrons. The highest BCUT2D eigenvalue weighted by atomic mass is 19.1. The lowest BCUT2D eigenvalue weighted by Gasteiger charge is -2.27. The fraction of sp³-hybridized carbons (Fsp3) is 0.370. The number of carbonyl (C=O) groups excluding carboxylic acids is 1. The summed E-state index contributed by atoms with van der Waals surface area (Å²) < 4.78 is 18.2. The van der Waals surface area contributed by atoms with E-state index in [0.29, 0.717) is 34.8 Å². The molecule has 1 N–H and O–H groups in total. The van der Waals surface area contributed by atoms with Crippen molar-refractivity contribution in [3.8, 4) is 16.9 Å². The van der Waals surface area contributed by atoms with Crippen LogP contribution in [0.15, 0.2) is 36.5 Å². The Hall–Kier alpha value is -4.08. The summed E-state index contributed by atoms with van der Waals surface area (Å²) in [7, 11) is 0. The van der Waals surface area contributed by atoms with Gasteiger partial charge in [-0.15, -0.1) is 0 Å². The third kappa shape index (κ3) is 4.59. The smallest absolute Gasteiger partial charge is 0.339 e. The molecule has 0 aliphatic carbocycles. The van der Waals surface area contributed by atoms with Crippen molar-refractivity contribution in [2.75, 3.05) is 6.54 Å². The SMILES string of the molecule is CCc1cc(C(=O)N2CCCCC[C@H]2C)nc2cc(-c3ccc(-n4cc(C(=O)O)c(C)n4)cc3F)nn12. The van der Waals surface area contributed by atoms with Gasteiger partial charge in [-0.05, 0) is 51.3 Å². The van der Waals surface area contributed by atoms with E-state index in [1.54, 1.807) is 35.7 Å². The Morgan fingerprint density at radius 3 is 2.65 bits per heavy atom. The summed E-state index contributed by atoms with van der Waals surface area (Å²) in [5.41, 5.74) is 3.13.